The largest absolute Gasteiger partial charge is 0.480 e. The highest BCUT2D eigenvalue weighted by molar-refractivity contribution is 7.89. The Balaban J connectivity index is 3.54. The SMILES string of the molecule is CCN(C(C)(C)C(=O)O)S(=O)(=O)c1ccc(Cl)c(F)c1Cl. The molecule has 0 bridgehead atoms. The molecule has 0 radical (unpaired) electrons. The van der Waals surface area contributed by atoms with Crippen molar-refractivity contribution in [2.45, 2.75) is 31.2 Å². The lowest BCUT2D eigenvalue weighted by Crippen LogP contribution is -2.52. The second kappa shape index (κ2) is 6.08. The number of nitrogens with zero attached hydrogens (tertiary/aromatic N) is 1. The maximum absolute atomic E-state index is 13.7. The van der Waals surface area contributed by atoms with Gasteiger partial charge in [-0.15, -0.1) is 0 Å². The molecule has 118 valence electrons. The van der Waals surface area contributed by atoms with Gasteiger partial charge in [0.2, 0.25) is 10.0 Å². The van der Waals surface area contributed by atoms with E-state index in [0.29, 0.717) is 0 Å². The van der Waals surface area contributed by atoms with Crippen LogP contribution in [-0.4, -0.2) is 35.9 Å². The van der Waals surface area contributed by atoms with Gasteiger partial charge >= 0.3 is 5.97 Å². The molecular formula is C12H14Cl2FNO4S. The Labute approximate surface area is 132 Å². The Morgan fingerprint density at radius 2 is 1.90 bits per heavy atom. The van der Waals surface area contributed by atoms with Crippen LogP contribution in [0.4, 0.5) is 4.39 Å². The van der Waals surface area contributed by atoms with Crippen molar-refractivity contribution in [1.82, 2.24) is 4.31 Å². The standard InChI is InChI=1S/C12H14Cl2FNO4S/c1-4-16(12(2,3)11(17)18)21(19,20)8-6-5-7(13)10(15)9(8)14/h5-6H,4H2,1-3H3,(H,17,18). The summed E-state index contributed by atoms with van der Waals surface area (Å²) in [6, 6.07) is 2.10. The summed E-state index contributed by atoms with van der Waals surface area (Å²) in [7, 11) is -4.30. The van der Waals surface area contributed by atoms with Gasteiger partial charge in [0, 0.05) is 6.54 Å². The Kier molecular flexibility index (Phi) is 5.26. The summed E-state index contributed by atoms with van der Waals surface area (Å²) in [5.74, 6) is -2.40. The van der Waals surface area contributed by atoms with E-state index in [2.05, 4.69) is 0 Å². The zero-order chi connectivity index (χ0) is 16.6. The average molecular weight is 358 g/mol. The molecule has 0 unspecified atom stereocenters. The molecule has 0 aliphatic rings. The first-order chi connectivity index (χ1) is 9.47. The molecule has 1 aromatic carbocycles. The van der Waals surface area contributed by atoms with Crippen LogP contribution < -0.4 is 0 Å². The van der Waals surface area contributed by atoms with Crippen molar-refractivity contribution in [1.29, 1.82) is 0 Å². The van der Waals surface area contributed by atoms with Crippen LogP contribution in [0.2, 0.25) is 10.0 Å². The first-order valence-electron chi connectivity index (χ1n) is 5.87. The van der Waals surface area contributed by atoms with Crippen molar-refractivity contribution in [2.75, 3.05) is 6.54 Å². The summed E-state index contributed by atoms with van der Waals surface area (Å²) in [5, 5.41) is 8.20. The van der Waals surface area contributed by atoms with Crippen molar-refractivity contribution < 1.29 is 22.7 Å². The van der Waals surface area contributed by atoms with Gasteiger partial charge in [0.05, 0.1) is 10.0 Å². The molecule has 0 fully saturated rings. The fourth-order valence-corrected chi connectivity index (χ4v) is 4.27. The number of carbonyl (C=O) groups is 1. The Bertz CT molecular complexity index is 676. The van der Waals surface area contributed by atoms with Gasteiger partial charge in [-0.25, -0.2) is 12.8 Å². The molecule has 0 saturated heterocycles. The Hall–Kier alpha value is -0.890. The summed E-state index contributed by atoms with van der Waals surface area (Å²) in [6.45, 7) is 3.82. The number of carboxylic acids is 1. The molecule has 0 aromatic heterocycles. The van der Waals surface area contributed by atoms with Crippen molar-refractivity contribution in [2.24, 2.45) is 0 Å². The van der Waals surface area contributed by atoms with Crippen LogP contribution in [0.5, 0.6) is 0 Å². The van der Waals surface area contributed by atoms with E-state index in [-0.39, 0.29) is 11.6 Å². The Morgan fingerprint density at radius 1 is 1.38 bits per heavy atom. The van der Waals surface area contributed by atoms with Crippen LogP contribution in [0.1, 0.15) is 20.8 Å². The van der Waals surface area contributed by atoms with Gasteiger partial charge in [0.25, 0.3) is 0 Å². The number of rotatable bonds is 5. The second-order valence-corrected chi connectivity index (χ2v) is 7.32. The third-order valence-corrected chi connectivity index (χ3v) is 5.97. The minimum absolute atomic E-state index is 0.123. The van der Waals surface area contributed by atoms with E-state index in [9.17, 15) is 22.7 Å². The van der Waals surface area contributed by atoms with Gasteiger partial charge in [-0.2, -0.15) is 4.31 Å². The maximum atomic E-state index is 13.7. The van der Waals surface area contributed by atoms with Crippen molar-refractivity contribution in [3.8, 4) is 0 Å². The van der Waals surface area contributed by atoms with E-state index < -0.39 is 37.3 Å². The molecule has 0 aliphatic carbocycles. The molecule has 21 heavy (non-hydrogen) atoms. The third-order valence-electron chi connectivity index (χ3n) is 3.00. The molecule has 1 aromatic rings. The van der Waals surface area contributed by atoms with Crippen molar-refractivity contribution >= 4 is 39.2 Å². The van der Waals surface area contributed by atoms with Crippen LogP contribution in [0.25, 0.3) is 0 Å². The highest BCUT2D eigenvalue weighted by Crippen LogP contribution is 2.33. The summed E-state index contributed by atoms with van der Waals surface area (Å²) >= 11 is 11.2. The fourth-order valence-electron chi connectivity index (χ4n) is 1.80. The van der Waals surface area contributed by atoms with Crippen LogP contribution >= 0.6 is 23.2 Å². The zero-order valence-corrected chi connectivity index (χ0v) is 13.9. The molecule has 0 aliphatic heterocycles. The molecule has 1 rings (SSSR count). The lowest BCUT2D eigenvalue weighted by Gasteiger charge is -2.33. The first kappa shape index (κ1) is 18.2. The number of halogens is 3. The van der Waals surface area contributed by atoms with Gasteiger partial charge < -0.3 is 5.11 Å². The highest BCUT2D eigenvalue weighted by atomic mass is 35.5. The van der Waals surface area contributed by atoms with E-state index >= 15 is 0 Å². The minimum atomic E-state index is -4.30. The van der Waals surface area contributed by atoms with Gasteiger partial charge in [0.1, 0.15) is 10.4 Å². The maximum Gasteiger partial charge on any atom is 0.324 e. The van der Waals surface area contributed by atoms with Crippen LogP contribution in [0.15, 0.2) is 17.0 Å². The van der Waals surface area contributed by atoms with Gasteiger partial charge in [0.15, 0.2) is 5.82 Å². The molecule has 5 nitrogen and oxygen atoms in total. The number of hydrogen-bond acceptors (Lipinski definition) is 3. The molecule has 0 atom stereocenters. The Morgan fingerprint density at radius 3 is 2.33 bits per heavy atom. The molecular weight excluding hydrogens is 344 g/mol. The molecule has 0 heterocycles. The number of hydrogen-bond donors (Lipinski definition) is 1. The smallest absolute Gasteiger partial charge is 0.324 e. The van der Waals surface area contributed by atoms with Crippen LogP contribution in [-0.2, 0) is 14.8 Å². The number of aliphatic carboxylic acids is 1. The van der Waals surface area contributed by atoms with Crippen molar-refractivity contribution in [3.63, 3.8) is 0 Å². The van der Waals surface area contributed by atoms with E-state index in [1.54, 1.807) is 0 Å². The average Bonchev–Trinajstić information content (AvgIpc) is 2.35. The molecule has 0 amide bonds. The van der Waals surface area contributed by atoms with E-state index in [1.165, 1.54) is 20.8 Å². The lowest BCUT2D eigenvalue weighted by atomic mass is 10.1. The zero-order valence-electron chi connectivity index (χ0n) is 11.5. The predicted molar refractivity (Wildman–Crippen MR) is 77.7 cm³/mol. The van der Waals surface area contributed by atoms with Crippen molar-refractivity contribution in [3.05, 3.63) is 28.0 Å². The topological polar surface area (TPSA) is 74.7 Å². The number of carboxylic acid groups (broad SMARTS) is 1. The van der Waals surface area contributed by atoms with Crippen LogP contribution in [0.3, 0.4) is 0 Å². The lowest BCUT2D eigenvalue weighted by molar-refractivity contribution is -0.146. The molecule has 0 saturated carbocycles. The van der Waals surface area contributed by atoms with E-state index in [0.717, 1.165) is 16.4 Å². The number of likely N-dealkylation sites (N-methyl/N-ethyl adjacent to an activating group) is 1. The van der Waals surface area contributed by atoms with E-state index in [4.69, 9.17) is 23.2 Å². The van der Waals surface area contributed by atoms with Crippen LogP contribution in [0, 0.1) is 5.82 Å². The molecule has 0 spiro atoms. The highest BCUT2D eigenvalue weighted by Gasteiger charge is 2.42. The van der Waals surface area contributed by atoms with Gasteiger partial charge in [-0.3, -0.25) is 4.79 Å². The first-order valence-corrected chi connectivity index (χ1v) is 8.07. The number of benzene rings is 1. The normalized spacial score (nSPS) is 12.7. The predicted octanol–water partition coefficient (Wildman–Crippen LogP) is 3.01. The summed E-state index contributed by atoms with van der Waals surface area (Å²) < 4.78 is 39.5. The third kappa shape index (κ3) is 3.15. The quantitative estimate of drug-likeness (QED) is 0.821. The minimum Gasteiger partial charge on any atom is -0.480 e. The number of sulfonamides is 1. The van der Waals surface area contributed by atoms with Gasteiger partial charge in [-0.1, -0.05) is 30.1 Å². The second-order valence-electron chi connectivity index (χ2n) is 4.71. The summed E-state index contributed by atoms with van der Waals surface area (Å²) in [5.41, 5.74) is -1.72. The van der Waals surface area contributed by atoms with Gasteiger partial charge in [-0.05, 0) is 26.0 Å². The monoisotopic (exact) mass is 357 g/mol. The van der Waals surface area contributed by atoms with E-state index in [1.807, 2.05) is 0 Å². The molecule has 9 heteroatoms. The summed E-state index contributed by atoms with van der Waals surface area (Å²) in [6.07, 6.45) is 0. The molecule has 1 N–H and O–H groups in total. The fraction of sp³-hybridized carbons (Fsp3) is 0.417. The summed E-state index contributed by atoms with van der Waals surface area (Å²) in [4.78, 5) is 10.7.